The number of hydrogen-bond donors (Lipinski definition) is 1. The van der Waals surface area contributed by atoms with Crippen molar-refractivity contribution in [3.63, 3.8) is 0 Å². The van der Waals surface area contributed by atoms with Gasteiger partial charge in [-0.05, 0) is 19.9 Å². The lowest BCUT2D eigenvalue weighted by Crippen LogP contribution is -2.35. The molecule has 3 aromatic rings. The van der Waals surface area contributed by atoms with Crippen molar-refractivity contribution in [2.45, 2.75) is 19.9 Å². The summed E-state index contributed by atoms with van der Waals surface area (Å²) in [5.74, 6) is -0.428. The summed E-state index contributed by atoms with van der Waals surface area (Å²) < 4.78 is 1.43. The van der Waals surface area contributed by atoms with E-state index in [-0.39, 0.29) is 11.6 Å². The molecule has 1 N–H and O–H groups in total. The zero-order valence-corrected chi connectivity index (χ0v) is 14.1. The van der Waals surface area contributed by atoms with Gasteiger partial charge in [-0.15, -0.1) is 11.3 Å². The van der Waals surface area contributed by atoms with Crippen LogP contribution in [0.2, 0.25) is 5.02 Å². The van der Waals surface area contributed by atoms with E-state index in [9.17, 15) is 9.59 Å². The van der Waals surface area contributed by atoms with E-state index >= 15 is 0 Å². The van der Waals surface area contributed by atoms with Gasteiger partial charge in [0.2, 0.25) is 0 Å². The van der Waals surface area contributed by atoms with Gasteiger partial charge < -0.3 is 5.32 Å². The number of carbonyl (C=O) groups is 1. The third kappa shape index (κ3) is 2.87. The number of nitrogens with zero attached hydrogens (tertiary/aromatic N) is 2. The largest absolute Gasteiger partial charge is 0.350 e. The number of aromatic nitrogens is 2. The highest BCUT2D eigenvalue weighted by Crippen LogP contribution is 2.29. The van der Waals surface area contributed by atoms with Crippen LogP contribution < -0.4 is 10.9 Å². The van der Waals surface area contributed by atoms with Crippen molar-refractivity contribution in [1.29, 1.82) is 0 Å². The van der Waals surface area contributed by atoms with Crippen molar-refractivity contribution < 1.29 is 4.79 Å². The molecular weight excluding hydrogens is 334 g/mol. The third-order valence-electron chi connectivity index (χ3n) is 3.26. The summed E-state index contributed by atoms with van der Waals surface area (Å²) >= 11 is 7.56. The molecule has 1 aromatic carbocycles. The van der Waals surface area contributed by atoms with Gasteiger partial charge in [-0.3, -0.25) is 14.0 Å². The molecule has 5 nitrogen and oxygen atoms in total. The van der Waals surface area contributed by atoms with Crippen molar-refractivity contribution in [2.24, 2.45) is 0 Å². The average Bonchev–Trinajstić information content (AvgIpc) is 2.92. The van der Waals surface area contributed by atoms with Gasteiger partial charge in [0.25, 0.3) is 11.5 Å². The summed E-state index contributed by atoms with van der Waals surface area (Å²) in [6.45, 7) is 3.67. The SMILES string of the molecule is CC(C)NC(=O)c1cnc2scc(-c3ccccc3Cl)n2c1=O. The summed E-state index contributed by atoms with van der Waals surface area (Å²) in [6.07, 6.45) is 1.32. The summed E-state index contributed by atoms with van der Waals surface area (Å²) in [5, 5.41) is 5.07. The lowest BCUT2D eigenvalue weighted by Gasteiger charge is -2.08. The predicted molar refractivity (Wildman–Crippen MR) is 92.4 cm³/mol. The summed E-state index contributed by atoms with van der Waals surface area (Å²) in [6, 6.07) is 7.19. The van der Waals surface area contributed by atoms with Crippen molar-refractivity contribution in [2.75, 3.05) is 0 Å². The Morgan fingerprint density at radius 1 is 1.35 bits per heavy atom. The molecule has 0 aliphatic heterocycles. The first kappa shape index (κ1) is 15.7. The highest BCUT2D eigenvalue weighted by Gasteiger charge is 2.18. The molecule has 23 heavy (non-hydrogen) atoms. The smallest absolute Gasteiger partial charge is 0.271 e. The number of nitrogens with one attached hydrogen (secondary N) is 1. The van der Waals surface area contributed by atoms with E-state index in [1.54, 1.807) is 6.07 Å². The molecule has 0 spiro atoms. The van der Waals surface area contributed by atoms with E-state index < -0.39 is 11.5 Å². The van der Waals surface area contributed by atoms with E-state index in [1.807, 2.05) is 37.4 Å². The molecule has 0 radical (unpaired) electrons. The van der Waals surface area contributed by atoms with E-state index in [1.165, 1.54) is 21.9 Å². The minimum atomic E-state index is -0.428. The molecule has 0 unspecified atom stereocenters. The van der Waals surface area contributed by atoms with Crippen LogP contribution in [-0.4, -0.2) is 21.3 Å². The number of amides is 1. The molecule has 7 heteroatoms. The van der Waals surface area contributed by atoms with Crippen LogP contribution in [0.1, 0.15) is 24.2 Å². The first-order valence-electron chi connectivity index (χ1n) is 7.04. The molecule has 0 saturated heterocycles. The Labute approximate surface area is 141 Å². The van der Waals surface area contributed by atoms with Crippen LogP contribution in [-0.2, 0) is 0 Å². The van der Waals surface area contributed by atoms with E-state index in [0.717, 1.165) is 5.56 Å². The van der Waals surface area contributed by atoms with Gasteiger partial charge in [0.15, 0.2) is 4.96 Å². The number of benzene rings is 1. The molecule has 0 atom stereocenters. The Balaban J connectivity index is 2.22. The topological polar surface area (TPSA) is 63.5 Å². The molecular formula is C16H14ClN3O2S. The second-order valence-electron chi connectivity index (χ2n) is 5.32. The molecule has 1 amide bonds. The van der Waals surface area contributed by atoms with E-state index in [4.69, 9.17) is 11.6 Å². The molecule has 2 aromatic heterocycles. The summed E-state index contributed by atoms with van der Waals surface area (Å²) in [4.78, 5) is 29.7. The van der Waals surface area contributed by atoms with Gasteiger partial charge in [0, 0.05) is 28.2 Å². The number of thiazole rings is 1. The van der Waals surface area contributed by atoms with Crippen molar-refractivity contribution in [3.05, 3.63) is 56.8 Å². The van der Waals surface area contributed by atoms with Crippen molar-refractivity contribution in [3.8, 4) is 11.3 Å². The number of hydrogen-bond acceptors (Lipinski definition) is 4. The second kappa shape index (κ2) is 6.14. The van der Waals surface area contributed by atoms with E-state index in [0.29, 0.717) is 15.7 Å². The Bertz CT molecular complexity index is 946. The quantitative estimate of drug-likeness (QED) is 0.791. The van der Waals surface area contributed by atoms with Crippen LogP contribution >= 0.6 is 22.9 Å². The van der Waals surface area contributed by atoms with Gasteiger partial charge in [-0.1, -0.05) is 29.8 Å². The molecule has 0 saturated carbocycles. The summed E-state index contributed by atoms with van der Waals surface area (Å²) in [7, 11) is 0. The van der Waals surface area contributed by atoms with E-state index in [2.05, 4.69) is 10.3 Å². The lowest BCUT2D eigenvalue weighted by molar-refractivity contribution is 0.0941. The lowest BCUT2D eigenvalue weighted by atomic mass is 10.2. The number of halogens is 1. The zero-order valence-electron chi connectivity index (χ0n) is 12.5. The molecule has 0 bridgehead atoms. The number of carbonyl (C=O) groups excluding carboxylic acids is 1. The fraction of sp³-hybridized carbons (Fsp3) is 0.188. The molecule has 0 aliphatic carbocycles. The van der Waals surface area contributed by atoms with Crippen LogP contribution in [0.25, 0.3) is 16.2 Å². The highest BCUT2D eigenvalue weighted by molar-refractivity contribution is 7.15. The maximum Gasteiger partial charge on any atom is 0.271 e. The Hall–Kier alpha value is -2.18. The Morgan fingerprint density at radius 2 is 2.09 bits per heavy atom. The van der Waals surface area contributed by atoms with Crippen LogP contribution in [0.4, 0.5) is 0 Å². The first-order valence-corrected chi connectivity index (χ1v) is 8.30. The van der Waals surface area contributed by atoms with Crippen molar-refractivity contribution in [1.82, 2.24) is 14.7 Å². The number of rotatable bonds is 3. The zero-order chi connectivity index (χ0) is 16.6. The van der Waals surface area contributed by atoms with Gasteiger partial charge in [0.1, 0.15) is 5.56 Å². The predicted octanol–water partition coefficient (Wildman–Crippen LogP) is 3.21. The Morgan fingerprint density at radius 3 is 2.78 bits per heavy atom. The highest BCUT2D eigenvalue weighted by atomic mass is 35.5. The van der Waals surface area contributed by atoms with Crippen molar-refractivity contribution >= 4 is 33.8 Å². The normalized spacial score (nSPS) is 11.1. The fourth-order valence-corrected chi connectivity index (χ4v) is 3.33. The third-order valence-corrected chi connectivity index (χ3v) is 4.43. The molecule has 0 aliphatic rings. The van der Waals surface area contributed by atoms with Gasteiger partial charge >= 0.3 is 0 Å². The van der Waals surface area contributed by atoms with Gasteiger partial charge in [-0.25, -0.2) is 4.98 Å². The van der Waals surface area contributed by atoms with Crippen LogP contribution in [0.15, 0.2) is 40.6 Å². The maximum atomic E-state index is 12.7. The first-order chi connectivity index (χ1) is 11.0. The second-order valence-corrected chi connectivity index (χ2v) is 6.57. The van der Waals surface area contributed by atoms with Crippen LogP contribution in [0.3, 0.4) is 0 Å². The minimum absolute atomic E-state index is 0.0166. The average molecular weight is 348 g/mol. The molecule has 2 heterocycles. The minimum Gasteiger partial charge on any atom is -0.350 e. The molecule has 3 rings (SSSR count). The number of fused-ring (bicyclic) bond motifs is 1. The standard InChI is InChI=1S/C16H14ClN3O2S/c1-9(2)19-14(21)11-7-18-16-20(15(11)22)13(8-23-16)10-5-3-4-6-12(10)17/h3-9H,1-2H3,(H,19,21). The summed E-state index contributed by atoms with van der Waals surface area (Å²) in [5.41, 5.74) is 0.977. The monoisotopic (exact) mass is 347 g/mol. The Kier molecular flexibility index (Phi) is 4.19. The van der Waals surface area contributed by atoms with Crippen LogP contribution in [0, 0.1) is 0 Å². The fourth-order valence-electron chi connectivity index (χ4n) is 2.25. The van der Waals surface area contributed by atoms with Crippen LogP contribution in [0.5, 0.6) is 0 Å². The van der Waals surface area contributed by atoms with Gasteiger partial charge in [-0.2, -0.15) is 0 Å². The molecule has 0 fully saturated rings. The van der Waals surface area contributed by atoms with Gasteiger partial charge in [0.05, 0.1) is 5.69 Å². The maximum absolute atomic E-state index is 12.7. The molecule has 118 valence electrons.